The lowest BCUT2D eigenvalue weighted by Crippen LogP contribution is -2.11. The molecule has 1 aromatic heterocycles. The first-order valence-electron chi connectivity index (χ1n) is 6.21. The van der Waals surface area contributed by atoms with E-state index in [0.29, 0.717) is 15.4 Å². The Kier molecular flexibility index (Phi) is 3.97. The van der Waals surface area contributed by atoms with Crippen molar-refractivity contribution in [2.24, 2.45) is 0 Å². The normalized spacial score (nSPS) is 11.8. The van der Waals surface area contributed by atoms with Gasteiger partial charge in [0.25, 0.3) is 0 Å². The van der Waals surface area contributed by atoms with Crippen molar-refractivity contribution in [1.82, 2.24) is 9.97 Å². The van der Waals surface area contributed by atoms with Crippen LogP contribution in [-0.2, 0) is 6.18 Å². The van der Waals surface area contributed by atoms with Crippen molar-refractivity contribution in [3.05, 3.63) is 59.2 Å². The van der Waals surface area contributed by atoms with Crippen molar-refractivity contribution in [2.45, 2.75) is 16.1 Å². The zero-order chi connectivity index (χ0) is 15.7. The number of fused-ring (bicyclic) bond motifs is 1. The Morgan fingerprint density at radius 2 is 1.45 bits per heavy atom. The van der Waals surface area contributed by atoms with Crippen LogP contribution in [0.4, 0.5) is 13.2 Å². The molecule has 0 unspecified atom stereocenters. The first kappa shape index (κ1) is 15.1. The standard InChI is InChI=1S/C15H8ClF3N2S/c16-9-5-7-10(8-6-9)22-14-13(15(17,18)19)20-11-3-1-2-4-12(11)21-14/h1-8H. The van der Waals surface area contributed by atoms with E-state index < -0.39 is 11.9 Å². The molecule has 7 heteroatoms. The van der Waals surface area contributed by atoms with Crippen LogP contribution in [0.15, 0.2) is 58.5 Å². The number of alkyl halides is 3. The van der Waals surface area contributed by atoms with Gasteiger partial charge in [0.05, 0.1) is 11.0 Å². The Balaban J connectivity index is 2.11. The highest BCUT2D eigenvalue weighted by Crippen LogP contribution is 2.38. The van der Waals surface area contributed by atoms with Crippen LogP contribution in [0, 0.1) is 0 Å². The highest BCUT2D eigenvalue weighted by molar-refractivity contribution is 7.99. The molecular weight excluding hydrogens is 333 g/mol. The molecule has 1 heterocycles. The quantitative estimate of drug-likeness (QED) is 0.620. The Morgan fingerprint density at radius 3 is 2.05 bits per heavy atom. The van der Waals surface area contributed by atoms with Gasteiger partial charge in [-0.15, -0.1) is 0 Å². The van der Waals surface area contributed by atoms with Gasteiger partial charge >= 0.3 is 6.18 Å². The first-order chi connectivity index (χ1) is 10.4. The molecule has 22 heavy (non-hydrogen) atoms. The van der Waals surface area contributed by atoms with Crippen LogP contribution in [0.25, 0.3) is 11.0 Å². The number of para-hydroxylation sites is 2. The highest BCUT2D eigenvalue weighted by atomic mass is 35.5. The van der Waals surface area contributed by atoms with Gasteiger partial charge in [-0.05, 0) is 36.4 Å². The molecule has 0 aliphatic rings. The van der Waals surface area contributed by atoms with Crippen LogP contribution in [-0.4, -0.2) is 9.97 Å². The molecule has 2 nitrogen and oxygen atoms in total. The minimum Gasteiger partial charge on any atom is -0.239 e. The van der Waals surface area contributed by atoms with Gasteiger partial charge in [0.1, 0.15) is 5.03 Å². The predicted molar refractivity (Wildman–Crippen MR) is 80.1 cm³/mol. The minimum absolute atomic E-state index is 0.173. The SMILES string of the molecule is FC(F)(F)c1nc2ccccc2nc1Sc1ccc(Cl)cc1. The Labute approximate surface area is 133 Å². The van der Waals surface area contributed by atoms with E-state index in [0.717, 1.165) is 11.8 Å². The molecule has 3 aromatic rings. The molecule has 112 valence electrons. The molecule has 0 spiro atoms. The average Bonchev–Trinajstić information content (AvgIpc) is 2.48. The Morgan fingerprint density at radius 1 is 0.864 bits per heavy atom. The fraction of sp³-hybridized carbons (Fsp3) is 0.0667. The van der Waals surface area contributed by atoms with Crippen molar-refractivity contribution in [1.29, 1.82) is 0 Å². The Hall–Kier alpha value is -1.79. The fourth-order valence-corrected chi connectivity index (χ4v) is 2.88. The van der Waals surface area contributed by atoms with Crippen LogP contribution in [0.5, 0.6) is 0 Å². The van der Waals surface area contributed by atoms with E-state index in [9.17, 15) is 13.2 Å². The summed E-state index contributed by atoms with van der Waals surface area (Å²) < 4.78 is 39.6. The van der Waals surface area contributed by atoms with E-state index >= 15 is 0 Å². The van der Waals surface area contributed by atoms with Crippen molar-refractivity contribution >= 4 is 34.4 Å². The molecule has 3 rings (SSSR count). The third-order valence-electron chi connectivity index (χ3n) is 2.84. The molecule has 0 bridgehead atoms. The summed E-state index contributed by atoms with van der Waals surface area (Å²) in [5.74, 6) is 0. The second-order valence-electron chi connectivity index (χ2n) is 4.42. The van der Waals surface area contributed by atoms with Gasteiger partial charge < -0.3 is 0 Å². The summed E-state index contributed by atoms with van der Waals surface area (Å²) in [5.41, 5.74) is -0.339. The number of hydrogen-bond acceptors (Lipinski definition) is 3. The van der Waals surface area contributed by atoms with Gasteiger partial charge in [-0.2, -0.15) is 13.2 Å². The first-order valence-corrected chi connectivity index (χ1v) is 7.40. The second-order valence-corrected chi connectivity index (χ2v) is 5.92. The third kappa shape index (κ3) is 3.18. The second kappa shape index (κ2) is 5.78. The zero-order valence-electron chi connectivity index (χ0n) is 10.9. The lowest BCUT2D eigenvalue weighted by Gasteiger charge is -2.12. The zero-order valence-corrected chi connectivity index (χ0v) is 12.5. The summed E-state index contributed by atoms with van der Waals surface area (Å²) in [6.45, 7) is 0. The monoisotopic (exact) mass is 340 g/mol. The summed E-state index contributed by atoms with van der Waals surface area (Å²) in [4.78, 5) is 8.44. The van der Waals surface area contributed by atoms with E-state index in [-0.39, 0.29) is 10.5 Å². The summed E-state index contributed by atoms with van der Waals surface area (Å²) >= 11 is 6.69. The van der Waals surface area contributed by atoms with Gasteiger partial charge in [0, 0.05) is 9.92 Å². The third-order valence-corrected chi connectivity index (χ3v) is 4.07. The summed E-state index contributed by atoms with van der Waals surface area (Å²) in [6.07, 6.45) is -4.56. The number of hydrogen-bond donors (Lipinski definition) is 0. The van der Waals surface area contributed by atoms with E-state index in [1.165, 1.54) is 6.07 Å². The van der Waals surface area contributed by atoms with Crippen molar-refractivity contribution in [3.8, 4) is 0 Å². The van der Waals surface area contributed by atoms with Crippen molar-refractivity contribution in [3.63, 3.8) is 0 Å². The average molecular weight is 341 g/mol. The largest absolute Gasteiger partial charge is 0.436 e. The number of nitrogens with zero attached hydrogens (tertiary/aromatic N) is 2. The minimum atomic E-state index is -4.56. The van der Waals surface area contributed by atoms with Crippen molar-refractivity contribution < 1.29 is 13.2 Å². The van der Waals surface area contributed by atoms with Crippen molar-refractivity contribution in [2.75, 3.05) is 0 Å². The summed E-state index contributed by atoms with van der Waals surface area (Å²) in [7, 11) is 0. The number of aromatic nitrogens is 2. The van der Waals surface area contributed by atoms with Gasteiger partial charge in [0.2, 0.25) is 0 Å². The molecule has 0 fully saturated rings. The molecule has 0 N–H and O–H groups in total. The molecule has 0 aliphatic carbocycles. The smallest absolute Gasteiger partial charge is 0.239 e. The van der Waals surface area contributed by atoms with Crippen LogP contribution >= 0.6 is 23.4 Å². The van der Waals surface area contributed by atoms with E-state index in [1.54, 1.807) is 42.5 Å². The van der Waals surface area contributed by atoms with Gasteiger partial charge in [-0.3, -0.25) is 0 Å². The highest BCUT2D eigenvalue weighted by Gasteiger charge is 2.37. The Bertz CT molecular complexity index is 819. The molecule has 0 saturated carbocycles. The van der Waals surface area contributed by atoms with Crippen LogP contribution in [0.3, 0.4) is 0 Å². The molecule has 0 radical (unpaired) electrons. The van der Waals surface area contributed by atoms with E-state index in [1.807, 2.05) is 0 Å². The molecule has 0 saturated heterocycles. The van der Waals surface area contributed by atoms with Crippen LogP contribution in [0.2, 0.25) is 5.02 Å². The maximum absolute atomic E-state index is 13.2. The molecule has 0 amide bonds. The fourth-order valence-electron chi connectivity index (χ4n) is 1.85. The molecule has 0 atom stereocenters. The van der Waals surface area contributed by atoms with Gasteiger partial charge in [0.15, 0.2) is 5.69 Å². The summed E-state index contributed by atoms with van der Waals surface area (Å²) in [6, 6.07) is 13.0. The molecule has 2 aromatic carbocycles. The maximum Gasteiger partial charge on any atom is 0.436 e. The van der Waals surface area contributed by atoms with Gasteiger partial charge in [-0.25, -0.2) is 9.97 Å². The number of halogens is 4. The summed E-state index contributed by atoms with van der Waals surface area (Å²) in [5, 5.41) is 0.346. The molecule has 0 aliphatic heterocycles. The van der Waals surface area contributed by atoms with E-state index in [2.05, 4.69) is 9.97 Å². The van der Waals surface area contributed by atoms with Crippen LogP contribution < -0.4 is 0 Å². The maximum atomic E-state index is 13.2. The van der Waals surface area contributed by atoms with Crippen LogP contribution in [0.1, 0.15) is 5.69 Å². The van der Waals surface area contributed by atoms with E-state index in [4.69, 9.17) is 11.6 Å². The predicted octanol–water partition coefficient (Wildman–Crippen LogP) is 5.45. The lowest BCUT2D eigenvalue weighted by molar-refractivity contribution is -0.143. The molecular formula is C15H8ClF3N2S. The van der Waals surface area contributed by atoms with Gasteiger partial charge in [-0.1, -0.05) is 35.5 Å². The lowest BCUT2D eigenvalue weighted by atomic mass is 10.3. The number of benzene rings is 2. The topological polar surface area (TPSA) is 25.8 Å². The number of rotatable bonds is 2.